The number of amides is 2. The highest BCUT2D eigenvalue weighted by molar-refractivity contribution is 5.78. The summed E-state index contributed by atoms with van der Waals surface area (Å²) in [5, 5.41) is 6.24. The summed E-state index contributed by atoms with van der Waals surface area (Å²) < 4.78 is 0. The van der Waals surface area contributed by atoms with Crippen LogP contribution in [-0.2, 0) is 9.59 Å². The summed E-state index contributed by atoms with van der Waals surface area (Å²) in [6.07, 6.45) is 4.70. The average molecular weight is 253 g/mol. The first-order valence-corrected chi connectivity index (χ1v) is 6.99. The summed E-state index contributed by atoms with van der Waals surface area (Å²) >= 11 is 0. The van der Waals surface area contributed by atoms with E-state index in [2.05, 4.69) is 10.6 Å². The third kappa shape index (κ3) is 3.98. The number of nitrogens with zero attached hydrogens (tertiary/aromatic N) is 1. The SMILES string of the molecule is CCC(=O)NC1CCN(C(=O)CNC2CC2)CC1. The second kappa shape index (κ2) is 6.18. The molecule has 2 amide bonds. The molecule has 5 nitrogen and oxygen atoms in total. The minimum absolute atomic E-state index is 0.107. The second-order valence-corrected chi connectivity index (χ2v) is 5.23. The van der Waals surface area contributed by atoms with Crippen LogP contribution in [0.3, 0.4) is 0 Å². The summed E-state index contributed by atoms with van der Waals surface area (Å²) in [7, 11) is 0. The molecule has 2 fully saturated rings. The number of hydrogen-bond donors (Lipinski definition) is 2. The maximum Gasteiger partial charge on any atom is 0.236 e. The Kier molecular flexibility index (Phi) is 4.58. The molecule has 0 aromatic carbocycles. The molecule has 0 radical (unpaired) electrons. The smallest absolute Gasteiger partial charge is 0.236 e. The predicted molar refractivity (Wildman–Crippen MR) is 69.1 cm³/mol. The molecule has 0 bridgehead atoms. The third-order valence-electron chi connectivity index (χ3n) is 3.65. The lowest BCUT2D eigenvalue weighted by molar-refractivity contribution is -0.131. The number of piperidine rings is 1. The van der Waals surface area contributed by atoms with Gasteiger partial charge in [-0.15, -0.1) is 0 Å². The molecule has 102 valence electrons. The van der Waals surface area contributed by atoms with E-state index in [1.165, 1.54) is 12.8 Å². The van der Waals surface area contributed by atoms with E-state index in [0.29, 0.717) is 19.0 Å². The van der Waals surface area contributed by atoms with Crippen molar-refractivity contribution in [3.8, 4) is 0 Å². The van der Waals surface area contributed by atoms with E-state index < -0.39 is 0 Å². The maximum atomic E-state index is 11.9. The van der Waals surface area contributed by atoms with Crippen molar-refractivity contribution in [3.63, 3.8) is 0 Å². The number of likely N-dealkylation sites (tertiary alicyclic amines) is 1. The molecule has 18 heavy (non-hydrogen) atoms. The van der Waals surface area contributed by atoms with Gasteiger partial charge in [-0.25, -0.2) is 0 Å². The van der Waals surface area contributed by atoms with Crippen LogP contribution in [0.5, 0.6) is 0 Å². The molecular weight excluding hydrogens is 230 g/mol. The van der Waals surface area contributed by atoms with E-state index in [1.54, 1.807) is 0 Å². The molecule has 0 aromatic heterocycles. The van der Waals surface area contributed by atoms with Gasteiger partial charge in [-0.3, -0.25) is 9.59 Å². The molecular formula is C13H23N3O2. The minimum Gasteiger partial charge on any atom is -0.353 e. The first-order chi connectivity index (χ1) is 8.69. The van der Waals surface area contributed by atoms with Crippen molar-refractivity contribution in [2.75, 3.05) is 19.6 Å². The number of carbonyl (C=O) groups excluding carboxylic acids is 2. The standard InChI is InChI=1S/C13H23N3O2/c1-2-12(17)15-11-5-7-16(8-6-11)13(18)9-14-10-3-4-10/h10-11,14H,2-9H2,1H3,(H,15,17). The Bertz CT molecular complexity index is 307. The van der Waals surface area contributed by atoms with Gasteiger partial charge >= 0.3 is 0 Å². The van der Waals surface area contributed by atoms with Crippen molar-refractivity contribution in [1.82, 2.24) is 15.5 Å². The minimum atomic E-state index is 0.107. The molecule has 0 unspecified atom stereocenters. The Labute approximate surface area is 108 Å². The first-order valence-electron chi connectivity index (χ1n) is 6.99. The Morgan fingerprint density at radius 1 is 1.11 bits per heavy atom. The Hall–Kier alpha value is -1.10. The van der Waals surface area contributed by atoms with Crippen molar-refractivity contribution >= 4 is 11.8 Å². The molecule has 0 atom stereocenters. The molecule has 2 rings (SSSR count). The van der Waals surface area contributed by atoms with E-state index in [-0.39, 0.29) is 17.9 Å². The van der Waals surface area contributed by atoms with Crippen LogP contribution < -0.4 is 10.6 Å². The summed E-state index contributed by atoms with van der Waals surface area (Å²) in [5.41, 5.74) is 0. The van der Waals surface area contributed by atoms with Crippen LogP contribution in [0.15, 0.2) is 0 Å². The van der Waals surface area contributed by atoms with Gasteiger partial charge < -0.3 is 15.5 Å². The Morgan fingerprint density at radius 3 is 2.33 bits per heavy atom. The van der Waals surface area contributed by atoms with Crippen LogP contribution in [0, 0.1) is 0 Å². The monoisotopic (exact) mass is 253 g/mol. The fourth-order valence-corrected chi connectivity index (χ4v) is 2.23. The van der Waals surface area contributed by atoms with Crippen LogP contribution in [-0.4, -0.2) is 48.4 Å². The molecule has 1 saturated carbocycles. The van der Waals surface area contributed by atoms with Crippen molar-refractivity contribution in [1.29, 1.82) is 0 Å². The normalized spacial score (nSPS) is 20.8. The fraction of sp³-hybridized carbons (Fsp3) is 0.846. The maximum absolute atomic E-state index is 11.9. The van der Waals surface area contributed by atoms with E-state index >= 15 is 0 Å². The van der Waals surface area contributed by atoms with Crippen molar-refractivity contribution in [3.05, 3.63) is 0 Å². The van der Waals surface area contributed by atoms with E-state index in [1.807, 2.05) is 11.8 Å². The van der Waals surface area contributed by atoms with Crippen molar-refractivity contribution in [2.45, 2.75) is 51.1 Å². The van der Waals surface area contributed by atoms with Gasteiger partial charge in [0.1, 0.15) is 0 Å². The van der Waals surface area contributed by atoms with Gasteiger partial charge in [0, 0.05) is 31.6 Å². The third-order valence-corrected chi connectivity index (χ3v) is 3.65. The zero-order valence-corrected chi connectivity index (χ0v) is 11.1. The highest BCUT2D eigenvalue weighted by Gasteiger charge is 2.25. The lowest BCUT2D eigenvalue weighted by Gasteiger charge is -2.32. The summed E-state index contributed by atoms with van der Waals surface area (Å²) in [5.74, 6) is 0.303. The summed E-state index contributed by atoms with van der Waals surface area (Å²) in [6, 6.07) is 0.827. The van der Waals surface area contributed by atoms with Crippen LogP contribution >= 0.6 is 0 Å². The highest BCUT2D eigenvalue weighted by atomic mass is 16.2. The quantitative estimate of drug-likeness (QED) is 0.738. The van der Waals surface area contributed by atoms with Gasteiger partial charge in [-0.05, 0) is 25.7 Å². The van der Waals surface area contributed by atoms with Gasteiger partial charge in [0.2, 0.25) is 11.8 Å². The van der Waals surface area contributed by atoms with Gasteiger partial charge in [0.05, 0.1) is 6.54 Å². The Balaban J connectivity index is 1.65. The van der Waals surface area contributed by atoms with Gasteiger partial charge in [0.25, 0.3) is 0 Å². The zero-order chi connectivity index (χ0) is 13.0. The van der Waals surface area contributed by atoms with Gasteiger partial charge in [-0.2, -0.15) is 0 Å². The molecule has 5 heteroatoms. The lowest BCUT2D eigenvalue weighted by atomic mass is 10.0. The van der Waals surface area contributed by atoms with Crippen molar-refractivity contribution in [2.24, 2.45) is 0 Å². The van der Waals surface area contributed by atoms with Gasteiger partial charge in [-0.1, -0.05) is 6.92 Å². The van der Waals surface area contributed by atoms with Crippen molar-refractivity contribution < 1.29 is 9.59 Å². The molecule has 2 N–H and O–H groups in total. The summed E-state index contributed by atoms with van der Waals surface area (Å²) in [6.45, 7) is 3.86. The molecule has 0 spiro atoms. The van der Waals surface area contributed by atoms with Gasteiger partial charge in [0.15, 0.2) is 0 Å². The highest BCUT2D eigenvalue weighted by Crippen LogP contribution is 2.18. The largest absolute Gasteiger partial charge is 0.353 e. The fourth-order valence-electron chi connectivity index (χ4n) is 2.23. The lowest BCUT2D eigenvalue weighted by Crippen LogP contribution is -2.48. The molecule has 0 aromatic rings. The second-order valence-electron chi connectivity index (χ2n) is 5.23. The first kappa shape index (κ1) is 13.3. The molecule has 1 aliphatic carbocycles. The van der Waals surface area contributed by atoms with E-state index in [9.17, 15) is 9.59 Å². The van der Waals surface area contributed by atoms with Crippen LogP contribution in [0.4, 0.5) is 0 Å². The topological polar surface area (TPSA) is 61.4 Å². The van der Waals surface area contributed by atoms with Crippen LogP contribution in [0.25, 0.3) is 0 Å². The van der Waals surface area contributed by atoms with Crippen LogP contribution in [0.2, 0.25) is 0 Å². The number of rotatable bonds is 5. The number of nitrogens with one attached hydrogen (secondary N) is 2. The predicted octanol–water partition coefficient (Wildman–Crippen LogP) is 0.256. The summed E-state index contributed by atoms with van der Waals surface area (Å²) in [4.78, 5) is 25.1. The van der Waals surface area contributed by atoms with Crippen LogP contribution in [0.1, 0.15) is 39.0 Å². The number of hydrogen-bond acceptors (Lipinski definition) is 3. The zero-order valence-electron chi connectivity index (χ0n) is 11.1. The molecule has 1 saturated heterocycles. The average Bonchev–Trinajstić information content (AvgIpc) is 3.20. The molecule has 1 heterocycles. The van der Waals surface area contributed by atoms with E-state index in [4.69, 9.17) is 0 Å². The number of carbonyl (C=O) groups is 2. The van der Waals surface area contributed by atoms with E-state index in [0.717, 1.165) is 25.9 Å². The molecule has 1 aliphatic heterocycles. The Morgan fingerprint density at radius 2 is 1.78 bits per heavy atom. The molecule has 2 aliphatic rings.